The SMILES string of the molecule is COc1ccc([C@@H](CCCN=C(N)N)N2C(=O)c3cccc(N4CCN([C@H](C)c5ccccc5)CC4)c3C2=O)cc1OC.COc1ccc([C@@H](CCCNC(=O)c2ccc(S(N)(=O)=O)n2C)N2C(=O)c3cccc(N4CCN([C@H](C)c5ccccc5)CC4)c3C2=O)cc1OC.COc1ccc([C@@H](CCCNC(=O)c2cccn2C)N2C(=O)c3cccc(N4CCN([C@H](C)c5ccccc5)CC4)c3C2=O)cc1OC. The molecule has 0 saturated carbocycles. The highest BCUT2D eigenvalue weighted by Crippen LogP contribution is 2.46. The number of nitrogens with two attached hydrogens (primary N) is 3. The Labute approximate surface area is 835 Å². The van der Waals surface area contributed by atoms with Crippen LogP contribution in [0, 0.1) is 0 Å². The average Bonchev–Trinajstić information content (AvgIpc) is 1.60. The number of aromatic nitrogens is 2. The molecule has 0 radical (unpaired) electrons. The van der Waals surface area contributed by atoms with Gasteiger partial charge in [-0.05, 0) is 190 Å². The zero-order valence-corrected chi connectivity index (χ0v) is 83.6. The number of primary sulfonamides is 1. The second-order valence-electron chi connectivity index (χ2n) is 36.2. The minimum absolute atomic E-state index is 0.00583. The second kappa shape index (κ2) is 46.3. The van der Waals surface area contributed by atoms with Crippen molar-refractivity contribution in [3.63, 3.8) is 0 Å². The molecule has 0 spiro atoms. The fourth-order valence-electron chi connectivity index (χ4n) is 20.3. The van der Waals surface area contributed by atoms with Crippen molar-refractivity contribution in [1.29, 1.82) is 0 Å². The first kappa shape index (κ1) is 103. The van der Waals surface area contributed by atoms with Gasteiger partial charge in [0, 0.05) is 137 Å². The summed E-state index contributed by atoms with van der Waals surface area (Å²) < 4.78 is 59.7. The van der Waals surface area contributed by atoms with E-state index in [9.17, 15) is 46.8 Å². The predicted molar refractivity (Wildman–Crippen MR) is 549 cm³/mol. The molecular weight excluding hydrogens is 1840 g/mol. The van der Waals surface area contributed by atoms with Crippen molar-refractivity contribution in [2.24, 2.45) is 35.7 Å². The molecule has 6 aliphatic rings. The highest BCUT2D eigenvalue weighted by molar-refractivity contribution is 7.89. The lowest BCUT2D eigenvalue weighted by Gasteiger charge is -2.39. The van der Waals surface area contributed by atoms with Gasteiger partial charge in [0.15, 0.2) is 45.5 Å². The van der Waals surface area contributed by atoms with E-state index in [-0.39, 0.29) is 76.7 Å². The van der Waals surface area contributed by atoms with Gasteiger partial charge in [-0.2, -0.15) is 0 Å². The van der Waals surface area contributed by atoms with E-state index in [4.69, 9.17) is 45.0 Å². The van der Waals surface area contributed by atoms with Crippen molar-refractivity contribution in [3.8, 4) is 34.5 Å². The van der Waals surface area contributed by atoms with E-state index in [2.05, 4.69) is 126 Å². The molecule has 0 aliphatic carbocycles. The van der Waals surface area contributed by atoms with Crippen molar-refractivity contribution >= 4 is 80.3 Å². The molecule has 0 bridgehead atoms. The number of benzene rings is 9. The summed E-state index contributed by atoms with van der Waals surface area (Å²) in [6.07, 6.45) is 4.56. The molecule has 2 aromatic heterocycles. The van der Waals surface area contributed by atoms with Gasteiger partial charge in [-0.1, -0.05) is 127 Å². The number of aliphatic imine (C=N–C) groups is 1. The number of ether oxygens (including phenoxy) is 6. The van der Waals surface area contributed by atoms with Crippen LogP contribution in [0.5, 0.6) is 34.5 Å². The van der Waals surface area contributed by atoms with E-state index < -0.39 is 34.1 Å². The van der Waals surface area contributed by atoms with E-state index in [0.29, 0.717) is 150 Å². The highest BCUT2D eigenvalue weighted by atomic mass is 32.2. The second-order valence-corrected chi connectivity index (χ2v) is 37.7. The number of piperazine rings is 3. The average molecular weight is 1960 g/mol. The maximum Gasteiger partial charge on any atom is 0.267 e. The third-order valence-electron chi connectivity index (χ3n) is 28.1. The molecule has 8 heterocycles. The normalized spacial score (nSPS) is 16.2. The lowest BCUT2D eigenvalue weighted by Crippen LogP contribution is -2.47. The molecule has 6 atom stereocenters. The Bertz CT molecular complexity index is 6570. The van der Waals surface area contributed by atoms with Crippen LogP contribution >= 0.6 is 0 Å². The molecule has 34 heteroatoms. The quantitative estimate of drug-likeness (QED) is 0.0105. The van der Waals surface area contributed by atoms with Crippen LogP contribution in [0.3, 0.4) is 0 Å². The van der Waals surface area contributed by atoms with Crippen molar-refractivity contribution in [2.75, 3.05) is 156 Å². The van der Waals surface area contributed by atoms with Crippen LogP contribution < -0.4 is 70.4 Å². The summed E-state index contributed by atoms with van der Waals surface area (Å²) in [5.41, 5.74) is 22.6. The molecule has 8 N–H and O–H groups in total. The number of rotatable bonds is 36. The van der Waals surface area contributed by atoms with Crippen LogP contribution in [0.1, 0.15) is 212 Å². The van der Waals surface area contributed by atoms with Crippen LogP contribution in [0.2, 0.25) is 0 Å². The van der Waals surface area contributed by atoms with Crippen LogP contribution in [0.4, 0.5) is 17.1 Å². The van der Waals surface area contributed by atoms with Gasteiger partial charge in [-0.3, -0.25) is 72.7 Å². The molecule has 750 valence electrons. The standard InChI is InChI=1S/C38H44N6O7S.C38H43N5O5.C33H40N6O4/c1-25(26-10-6-5-7-11-26)42-20-22-43(23-21-42)30-13-8-12-28-35(30)38(47)44(37(28)46)29(27-15-17-32(50-3)33(24-27)51-4)14-9-19-40-36(45)31-16-18-34(41(31)2)52(39,48)49;1-26(27-11-6-5-7-12-27)41-21-23-42(24-22-41)31-14-8-13-29-35(31)38(46)43(37(29)45)30(28-17-18-33(47-3)34(25-28)48-4)15-9-19-39-36(44)32-16-10-20-40(32)2;1-22(23-9-5-4-6-10-23)37-17-19-38(20-18-37)27-12-7-11-25-30(27)32(41)39(31(25)40)26(13-8-16-36-33(34)35)24-14-15-28(42-2)29(21-24)43-3/h5-8,10-13,15-18,24-25,29H,9,14,19-23H2,1-4H3,(H,40,45)(H2,39,48,49);5-8,10-14,16-18,20,25-26,30H,9,15,19,21-24H2,1-4H3,(H,39,44);4-7,9-12,14-15,21-22,26H,8,13,16-20H2,1-3H3,(H4,34,35,36)/t25-,29-;26-,30-;22-,26-/m111/s1. The molecule has 33 nitrogen and oxygen atoms in total. The molecule has 143 heavy (non-hydrogen) atoms. The first-order chi connectivity index (χ1) is 69.1. The van der Waals surface area contributed by atoms with Gasteiger partial charge < -0.3 is 74.4 Å². The predicted octanol–water partition coefficient (Wildman–Crippen LogP) is 13.6. The fraction of sp³-hybridized carbons (Fsp3) is 0.349. The van der Waals surface area contributed by atoms with E-state index in [1.54, 1.807) is 87.6 Å². The third kappa shape index (κ3) is 22.4. The molecule has 3 fully saturated rings. The van der Waals surface area contributed by atoms with Crippen molar-refractivity contribution < 1.29 is 75.2 Å². The number of nitrogens with one attached hydrogen (secondary N) is 2. The number of hydrogen-bond acceptors (Lipinski definition) is 23. The number of imide groups is 3. The minimum atomic E-state index is -4.00. The number of methoxy groups -OCH3 is 6. The van der Waals surface area contributed by atoms with E-state index in [1.807, 2.05) is 110 Å². The first-order valence-corrected chi connectivity index (χ1v) is 49.9. The first-order valence-electron chi connectivity index (χ1n) is 48.3. The van der Waals surface area contributed by atoms with Gasteiger partial charge in [-0.25, -0.2) is 13.6 Å². The topological polar surface area (TPSA) is 380 Å². The van der Waals surface area contributed by atoms with Crippen molar-refractivity contribution in [2.45, 2.75) is 101 Å². The number of guanidine groups is 1. The Morgan fingerprint density at radius 1 is 0.364 bits per heavy atom. The number of nitrogens with zero attached hydrogens (tertiary/aromatic N) is 12. The molecule has 3 saturated heterocycles. The zero-order chi connectivity index (χ0) is 101. The van der Waals surface area contributed by atoms with E-state index >= 15 is 0 Å². The number of fused-ring (bicyclic) bond motifs is 3. The molecular formula is C109H127N17O16S. The van der Waals surface area contributed by atoms with Crippen LogP contribution in [-0.2, 0) is 24.1 Å². The Hall–Kier alpha value is -14.8. The molecule has 11 aromatic rings. The smallest absolute Gasteiger partial charge is 0.267 e. The Morgan fingerprint density at radius 2 is 0.685 bits per heavy atom. The number of sulfonamides is 1. The number of hydrogen-bond donors (Lipinski definition) is 5. The summed E-state index contributed by atoms with van der Waals surface area (Å²) >= 11 is 0. The number of carbonyl (C=O) groups excluding carboxylic acids is 8. The Balaban J connectivity index is 0.000000162. The van der Waals surface area contributed by atoms with E-state index in [0.717, 1.165) is 93.6 Å². The Kier molecular flexibility index (Phi) is 33.2. The zero-order valence-electron chi connectivity index (χ0n) is 82.8. The number of anilines is 3. The monoisotopic (exact) mass is 1960 g/mol. The summed E-state index contributed by atoms with van der Waals surface area (Å²) in [6, 6.07) is 69.5. The molecule has 6 aliphatic heterocycles. The molecule has 9 aromatic carbocycles. The van der Waals surface area contributed by atoms with Crippen LogP contribution in [0.15, 0.2) is 241 Å². The largest absolute Gasteiger partial charge is 0.493 e. The highest BCUT2D eigenvalue weighted by Gasteiger charge is 2.48. The van der Waals surface area contributed by atoms with Gasteiger partial charge in [0.05, 0.1) is 111 Å². The van der Waals surface area contributed by atoms with E-state index in [1.165, 1.54) is 69.4 Å². The minimum Gasteiger partial charge on any atom is -0.493 e. The summed E-state index contributed by atoms with van der Waals surface area (Å²) in [5, 5.41) is 10.9. The fourth-order valence-corrected chi connectivity index (χ4v) is 21.0. The summed E-state index contributed by atoms with van der Waals surface area (Å²) in [6.45, 7) is 17.0. The van der Waals surface area contributed by atoms with Gasteiger partial charge >= 0.3 is 0 Å². The van der Waals surface area contributed by atoms with Gasteiger partial charge in [0.2, 0.25) is 0 Å². The van der Waals surface area contributed by atoms with Gasteiger partial charge in [-0.15, -0.1) is 0 Å². The summed E-state index contributed by atoms with van der Waals surface area (Å²) in [7, 11) is 8.57. The van der Waals surface area contributed by atoms with Crippen LogP contribution in [0.25, 0.3) is 0 Å². The number of aryl methyl sites for hydroxylation is 1. The van der Waals surface area contributed by atoms with Crippen molar-refractivity contribution in [3.05, 3.63) is 309 Å². The van der Waals surface area contributed by atoms with Crippen molar-refractivity contribution in [1.82, 2.24) is 49.2 Å². The molecule has 8 amide bonds. The summed E-state index contributed by atoms with van der Waals surface area (Å²) in [5.74, 6) is 0.471. The number of carbonyl (C=O) groups is 8. The lowest BCUT2D eigenvalue weighted by molar-refractivity contribution is 0.0556. The third-order valence-corrected chi connectivity index (χ3v) is 29.1. The molecule has 0 unspecified atom stereocenters. The Morgan fingerprint density at radius 3 is 0.979 bits per heavy atom. The number of amides is 8. The molecule has 17 rings (SSSR count). The van der Waals surface area contributed by atoms with Gasteiger partial charge in [0.1, 0.15) is 11.4 Å². The lowest BCUT2D eigenvalue weighted by atomic mass is 9.99. The summed E-state index contributed by atoms with van der Waals surface area (Å²) in [4.78, 5) is 133. The maximum atomic E-state index is 14.4. The maximum absolute atomic E-state index is 14.4. The van der Waals surface area contributed by atoms with Crippen LogP contribution in [-0.4, -0.2) is 241 Å². The van der Waals surface area contributed by atoms with Gasteiger partial charge in [0.25, 0.3) is 57.3 Å².